The van der Waals surface area contributed by atoms with E-state index >= 15 is 0 Å². The monoisotopic (exact) mass is 328 g/mol. The van der Waals surface area contributed by atoms with Crippen LogP contribution in [0.1, 0.15) is 24.2 Å². The molecule has 0 radical (unpaired) electrons. The molecule has 0 saturated heterocycles. The van der Waals surface area contributed by atoms with Gasteiger partial charge in [-0.2, -0.15) is 0 Å². The number of benzene rings is 1. The Morgan fingerprint density at radius 1 is 1.04 bits per heavy atom. The first-order valence-electron chi connectivity index (χ1n) is 8.42. The maximum atomic E-state index is 4.66. The molecule has 1 aromatic carbocycles. The first kappa shape index (κ1) is 15.4. The third-order valence-electron chi connectivity index (χ3n) is 4.31. The van der Waals surface area contributed by atoms with Crippen LogP contribution in [-0.4, -0.2) is 14.4 Å². The predicted molar refractivity (Wildman–Crippen MR) is 102 cm³/mol. The van der Waals surface area contributed by atoms with Crippen molar-refractivity contribution >= 4 is 11.3 Å². The second-order valence-electron chi connectivity index (χ2n) is 6.29. The van der Waals surface area contributed by atoms with E-state index in [1.165, 1.54) is 5.56 Å². The first-order chi connectivity index (χ1) is 12.2. The maximum Gasteiger partial charge on any atom is 0.137 e. The molecule has 1 unspecified atom stereocenters. The fraction of sp³-hybridized carbons (Fsp3) is 0.143. The van der Waals surface area contributed by atoms with Gasteiger partial charge in [-0.1, -0.05) is 18.2 Å². The minimum atomic E-state index is 0.154. The zero-order valence-electron chi connectivity index (χ0n) is 14.3. The highest BCUT2D eigenvalue weighted by Crippen LogP contribution is 2.23. The van der Waals surface area contributed by atoms with Gasteiger partial charge in [0.15, 0.2) is 0 Å². The van der Waals surface area contributed by atoms with E-state index in [4.69, 9.17) is 0 Å². The van der Waals surface area contributed by atoms with Gasteiger partial charge in [-0.05, 0) is 55.8 Å². The molecule has 25 heavy (non-hydrogen) atoms. The molecule has 1 atom stereocenters. The van der Waals surface area contributed by atoms with Crippen molar-refractivity contribution in [3.8, 4) is 11.3 Å². The Bertz CT molecular complexity index is 969. The summed E-state index contributed by atoms with van der Waals surface area (Å²) < 4.78 is 2.03. The second kappa shape index (κ2) is 6.40. The highest BCUT2D eigenvalue weighted by molar-refractivity contribution is 5.65. The molecule has 3 heterocycles. The lowest BCUT2D eigenvalue weighted by Gasteiger charge is -2.15. The van der Waals surface area contributed by atoms with Crippen LogP contribution in [0.5, 0.6) is 0 Å². The zero-order valence-corrected chi connectivity index (χ0v) is 14.3. The summed E-state index contributed by atoms with van der Waals surface area (Å²) in [6, 6.07) is 18.7. The number of nitrogens with one attached hydrogen (secondary N) is 1. The Kier molecular flexibility index (Phi) is 3.94. The number of aryl methyl sites for hydroxylation is 1. The third-order valence-corrected chi connectivity index (χ3v) is 4.31. The molecule has 0 aliphatic carbocycles. The standard InChI is InChI=1S/C21H20N4/c1-15-10-11-22-19(13-15)16(2)23-18-8-6-17(7-9-18)20-14-25-12-4-3-5-21(25)24-20/h3-14,16,23H,1-2H3. The van der Waals surface area contributed by atoms with Gasteiger partial charge in [-0.15, -0.1) is 0 Å². The molecule has 0 saturated carbocycles. The van der Waals surface area contributed by atoms with Crippen LogP contribution in [0.4, 0.5) is 5.69 Å². The summed E-state index contributed by atoms with van der Waals surface area (Å²) >= 11 is 0. The number of imidazole rings is 1. The lowest BCUT2D eigenvalue weighted by atomic mass is 10.1. The number of hydrogen-bond acceptors (Lipinski definition) is 3. The Hall–Kier alpha value is -3.14. The minimum Gasteiger partial charge on any atom is -0.377 e. The lowest BCUT2D eigenvalue weighted by molar-refractivity contribution is 0.837. The van der Waals surface area contributed by atoms with E-state index in [-0.39, 0.29) is 6.04 Å². The van der Waals surface area contributed by atoms with Crippen LogP contribution >= 0.6 is 0 Å². The summed E-state index contributed by atoms with van der Waals surface area (Å²) in [6.45, 7) is 4.21. The lowest BCUT2D eigenvalue weighted by Crippen LogP contribution is -2.08. The van der Waals surface area contributed by atoms with Crippen molar-refractivity contribution in [2.75, 3.05) is 5.32 Å². The molecule has 0 fully saturated rings. The number of nitrogens with zero attached hydrogens (tertiary/aromatic N) is 3. The Labute approximate surface area is 147 Å². The molecule has 1 N–H and O–H groups in total. The molecule has 0 spiro atoms. The molecule has 0 aliphatic heterocycles. The summed E-state index contributed by atoms with van der Waals surface area (Å²) in [5.74, 6) is 0. The highest BCUT2D eigenvalue weighted by Gasteiger charge is 2.08. The van der Waals surface area contributed by atoms with Crippen molar-refractivity contribution in [2.24, 2.45) is 0 Å². The molecule has 4 nitrogen and oxygen atoms in total. The average Bonchev–Trinajstić information content (AvgIpc) is 3.06. The fourth-order valence-electron chi connectivity index (χ4n) is 2.93. The van der Waals surface area contributed by atoms with E-state index in [0.29, 0.717) is 0 Å². The summed E-state index contributed by atoms with van der Waals surface area (Å²) in [6.07, 6.45) is 5.92. The summed E-state index contributed by atoms with van der Waals surface area (Å²) in [5.41, 5.74) is 6.38. The van der Waals surface area contributed by atoms with Crippen molar-refractivity contribution in [2.45, 2.75) is 19.9 Å². The van der Waals surface area contributed by atoms with Gasteiger partial charge in [-0.25, -0.2) is 4.98 Å². The molecule has 3 aromatic heterocycles. The van der Waals surface area contributed by atoms with Crippen LogP contribution in [0.2, 0.25) is 0 Å². The van der Waals surface area contributed by atoms with Crippen molar-refractivity contribution in [3.63, 3.8) is 0 Å². The predicted octanol–water partition coefficient (Wildman–Crippen LogP) is 4.88. The molecule has 0 bridgehead atoms. The van der Waals surface area contributed by atoms with Gasteiger partial charge in [-0.3, -0.25) is 4.98 Å². The van der Waals surface area contributed by atoms with Gasteiger partial charge >= 0.3 is 0 Å². The van der Waals surface area contributed by atoms with Gasteiger partial charge in [0.1, 0.15) is 5.65 Å². The van der Waals surface area contributed by atoms with Gasteiger partial charge < -0.3 is 9.72 Å². The van der Waals surface area contributed by atoms with Crippen LogP contribution < -0.4 is 5.32 Å². The summed E-state index contributed by atoms with van der Waals surface area (Å²) in [4.78, 5) is 9.11. The number of rotatable bonds is 4. The molecule has 4 heteroatoms. The van der Waals surface area contributed by atoms with Crippen molar-refractivity contribution in [3.05, 3.63) is 84.4 Å². The van der Waals surface area contributed by atoms with Crippen LogP contribution in [0.25, 0.3) is 16.9 Å². The van der Waals surface area contributed by atoms with E-state index in [1.54, 1.807) is 0 Å². The first-order valence-corrected chi connectivity index (χ1v) is 8.42. The quantitative estimate of drug-likeness (QED) is 0.580. The van der Waals surface area contributed by atoms with Gasteiger partial charge in [0.2, 0.25) is 0 Å². The maximum absolute atomic E-state index is 4.66. The number of anilines is 1. The molecule has 0 aliphatic rings. The van der Waals surface area contributed by atoms with Gasteiger partial charge in [0, 0.05) is 29.8 Å². The zero-order chi connectivity index (χ0) is 17.2. The Morgan fingerprint density at radius 2 is 1.88 bits per heavy atom. The molecular weight excluding hydrogens is 308 g/mol. The second-order valence-corrected chi connectivity index (χ2v) is 6.29. The average molecular weight is 328 g/mol. The smallest absolute Gasteiger partial charge is 0.137 e. The number of fused-ring (bicyclic) bond motifs is 1. The molecule has 4 aromatic rings. The van der Waals surface area contributed by atoms with Crippen molar-refractivity contribution in [1.82, 2.24) is 14.4 Å². The van der Waals surface area contributed by atoms with Crippen molar-refractivity contribution in [1.29, 1.82) is 0 Å². The third kappa shape index (κ3) is 3.24. The van der Waals surface area contributed by atoms with E-state index in [0.717, 1.165) is 28.3 Å². The van der Waals surface area contributed by atoms with E-state index < -0.39 is 0 Å². The number of pyridine rings is 2. The molecule has 4 rings (SSSR count). The SMILES string of the molecule is Cc1ccnc(C(C)Nc2ccc(-c3cn4ccccc4n3)cc2)c1. The summed E-state index contributed by atoms with van der Waals surface area (Å²) in [5, 5.41) is 3.50. The summed E-state index contributed by atoms with van der Waals surface area (Å²) in [7, 11) is 0. The minimum absolute atomic E-state index is 0.154. The van der Waals surface area contributed by atoms with Gasteiger partial charge in [0.05, 0.1) is 17.4 Å². The van der Waals surface area contributed by atoms with Crippen LogP contribution in [0.3, 0.4) is 0 Å². The Morgan fingerprint density at radius 3 is 2.64 bits per heavy atom. The molecular formula is C21H20N4. The van der Waals surface area contributed by atoms with Crippen LogP contribution in [-0.2, 0) is 0 Å². The van der Waals surface area contributed by atoms with E-state index in [1.807, 2.05) is 41.1 Å². The van der Waals surface area contributed by atoms with Gasteiger partial charge in [0.25, 0.3) is 0 Å². The normalized spacial score (nSPS) is 12.2. The Balaban J connectivity index is 1.53. The highest BCUT2D eigenvalue weighted by atomic mass is 15.0. The topological polar surface area (TPSA) is 42.2 Å². The fourth-order valence-corrected chi connectivity index (χ4v) is 2.93. The molecule has 124 valence electrons. The largest absolute Gasteiger partial charge is 0.377 e. The van der Waals surface area contributed by atoms with Crippen LogP contribution in [0, 0.1) is 6.92 Å². The number of aromatic nitrogens is 3. The van der Waals surface area contributed by atoms with Crippen molar-refractivity contribution < 1.29 is 0 Å². The van der Waals surface area contributed by atoms with Crippen LogP contribution in [0.15, 0.2) is 73.2 Å². The van der Waals surface area contributed by atoms with E-state index in [9.17, 15) is 0 Å². The van der Waals surface area contributed by atoms with E-state index in [2.05, 4.69) is 65.7 Å². The molecule has 0 amide bonds. The number of hydrogen-bond donors (Lipinski definition) is 1.